The van der Waals surface area contributed by atoms with Gasteiger partial charge in [-0.2, -0.15) is 0 Å². The van der Waals surface area contributed by atoms with Crippen LogP contribution in [-0.2, 0) is 16.4 Å². The Morgan fingerprint density at radius 3 is 2.43 bits per heavy atom. The maximum Gasteiger partial charge on any atom is 0.371 e. The second-order valence-corrected chi connectivity index (χ2v) is 6.33. The lowest BCUT2D eigenvalue weighted by Gasteiger charge is -2.04. The molecule has 0 aliphatic heterocycles. The molecule has 0 aliphatic carbocycles. The molecule has 0 unspecified atom stereocenters. The normalized spacial score (nSPS) is 11.5. The van der Waals surface area contributed by atoms with E-state index in [2.05, 4.69) is 4.72 Å². The van der Waals surface area contributed by atoms with E-state index in [9.17, 15) is 13.2 Å². The molecule has 0 radical (unpaired) electrons. The summed E-state index contributed by atoms with van der Waals surface area (Å²) in [6, 6.07) is 9.23. The average molecular weight is 330 g/mol. The van der Waals surface area contributed by atoms with E-state index in [4.69, 9.17) is 21.1 Å². The highest BCUT2D eigenvalue weighted by Crippen LogP contribution is 2.14. The third-order valence-corrected chi connectivity index (χ3v) is 4.26. The lowest BCUT2D eigenvalue weighted by molar-refractivity contribution is 0.0656. The summed E-state index contributed by atoms with van der Waals surface area (Å²) in [6.07, 6.45) is 0.475. The molecule has 2 N–H and O–H groups in total. The van der Waals surface area contributed by atoms with Gasteiger partial charge in [0.2, 0.25) is 10.9 Å². The van der Waals surface area contributed by atoms with Gasteiger partial charge in [-0.25, -0.2) is 17.9 Å². The summed E-state index contributed by atoms with van der Waals surface area (Å²) in [4.78, 5) is 10.6. The van der Waals surface area contributed by atoms with Gasteiger partial charge in [0.05, 0.1) is 0 Å². The summed E-state index contributed by atoms with van der Waals surface area (Å²) in [5, 5.41) is 8.88. The van der Waals surface area contributed by atoms with Crippen molar-refractivity contribution in [2.24, 2.45) is 0 Å². The van der Waals surface area contributed by atoms with Crippen molar-refractivity contribution >= 4 is 27.6 Å². The predicted octanol–water partition coefficient (Wildman–Crippen LogP) is 2.15. The van der Waals surface area contributed by atoms with Gasteiger partial charge in [0.15, 0.2) is 0 Å². The van der Waals surface area contributed by atoms with E-state index in [1.54, 1.807) is 24.3 Å². The Kier molecular flexibility index (Phi) is 4.66. The number of aromatic carboxylic acids is 1. The Bertz CT molecular complexity index is 736. The molecule has 1 aromatic heterocycles. The summed E-state index contributed by atoms with van der Waals surface area (Å²) in [5.74, 6) is -1.74. The maximum absolute atomic E-state index is 11.9. The van der Waals surface area contributed by atoms with Crippen molar-refractivity contribution in [1.29, 1.82) is 0 Å². The van der Waals surface area contributed by atoms with Crippen LogP contribution >= 0.6 is 11.6 Å². The average Bonchev–Trinajstić information content (AvgIpc) is 2.91. The van der Waals surface area contributed by atoms with Crippen molar-refractivity contribution in [1.82, 2.24) is 4.72 Å². The Morgan fingerprint density at radius 2 is 1.86 bits per heavy atom. The van der Waals surface area contributed by atoms with Gasteiger partial charge in [0.1, 0.15) is 0 Å². The van der Waals surface area contributed by atoms with Crippen LogP contribution in [0.4, 0.5) is 0 Å². The molecular formula is C13H12ClNO5S. The smallest absolute Gasteiger partial charge is 0.371 e. The summed E-state index contributed by atoms with van der Waals surface area (Å²) < 4.78 is 30.9. The van der Waals surface area contributed by atoms with Crippen LogP contribution in [0.5, 0.6) is 0 Å². The predicted molar refractivity (Wildman–Crippen MR) is 76.0 cm³/mol. The fourth-order valence-electron chi connectivity index (χ4n) is 1.63. The van der Waals surface area contributed by atoms with Crippen molar-refractivity contribution in [3.8, 4) is 0 Å². The minimum atomic E-state index is -3.86. The third-order valence-electron chi connectivity index (χ3n) is 2.68. The van der Waals surface area contributed by atoms with Crippen LogP contribution in [0.3, 0.4) is 0 Å². The number of benzene rings is 1. The molecular weight excluding hydrogens is 318 g/mol. The lowest BCUT2D eigenvalue weighted by Crippen LogP contribution is -2.25. The molecule has 2 aromatic rings. The zero-order chi connectivity index (χ0) is 15.5. The zero-order valence-electron chi connectivity index (χ0n) is 10.7. The van der Waals surface area contributed by atoms with E-state index >= 15 is 0 Å². The molecule has 0 amide bonds. The number of halogens is 1. The van der Waals surface area contributed by atoms with Crippen LogP contribution in [0, 0.1) is 0 Å². The maximum atomic E-state index is 11.9. The summed E-state index contributed by atoms with van der Waals surface area (Å²) in [6.45, 7) is 0.160. The number of nitrogens with one attached hydrogen (secondary N) is 1. The molecule has 6 nitrogen and oxygen atoms in total. The summed E-state index contributed by atoms with van der Waals surface area (Å²) in [7, 11) is -3.86. The topological polar surface area (TPSA) is 96.6 Å². The molecule has 112 valence electrons. The van der Waals surface area contributed by atoms with Crippen molar-refractivity contribution in [2.75, 3.05) is 6.54 Å². The molecule has 2 rings (SSSR count). The first-order chi connectivity index (χ1) is 9.88. The van der Waals surface area contributed by atoms with Crippen LogP contribution in [0.15, 0.2) is 45.9 Å². The Hall–Kier alpha value is -1.83. The summed E-state index contributed by atoms with van der Waals surface area (Å²) in [5.41, 5.74) is 0.924. The molecule has 1 heterocycles. The summed E-state index contributed by atoms with van der Waals surface area (Å²) >= 11 is 5.75. The van der Waals surface area contributed by atoms with Gasteiger partial charge in [-0.3, -0.25) is 0 Å². The molecule has 1 aromatic carbocycles. The van der Waals surface area contributed by atoms with Crippen molar-refractivity contribution in [3.05, 3.63) is 52.7 Å². The van der Waals surface area contributed by atoms with Crippen molar-refractivity contribution in [2.45, 2.75) is 11.5 Å². The number of furan rings is 1. The van der Waals surface area contributed by atoms with Crippen LogP contribution < -0.4 is 4.72 Å². The highest BCUT2D eigenvalue weighted by Gasteiger charge is 2.20. The molecule has 0 saturated carbocycles. The largest absolute Gasteiger partial charge is 0.475 e. The number of carbonyl (C=O) groups is 1. The van der Waals surface area contributed by atoms with E-state index in [-0.39, 0.29) is 6.54 Å². The van der Waals surface area contributed by atoms with E-state index in [0.29, 0.717) is 11.4 Å². The van der Waals surface area contributed by atoms with Gasteiger partial charge in [-0.1, -0.05) is 23.7 Å². The Balaban J connectivity index is 1.97. The number of carboxylic acid groups (broad SMARTS) is 1. The van der Waals surface area contributed by atoms with E-state index < -0.39 is 26.8 Å². The molecule has 0 fully saturated rings. The standard InChI is InChI=1S/C13H12ClNO5S/c14-10-3-1-9(2-4-10)7-8-15-21(18,19)12-6-5-11(20-12)13(16)17/h1-6,15H,7-8H2,(H,16,17). The molecule has 0 bridgehead atoms. The van der Waals surface area contributed by atoms with Crippen LogP contribution in [0.2, 0.25) is 5.02 Å². The van der Waals surface area contributed by atoms with E-state index in [0.717, 1.165) is 17.7 Å². The van der Waals surface area contributed by atoms with E-state index in [1.807, 2.05) is 0 Å². The first-order valence-electron chi connectivity index (χ1n) is 5.96. The van der Waals surface area contributed by atoms with E-state index in [1.165, 1.54) is 0 Å². The first kappa shape index (κ1) is 15.6. The zero-order valence-corrected chi connectivity index (χ0v) is 12.3. The van der Waals surface area contributed by atoms with Gasteiger partial charge >= 0.3 is 5.97 Å². The van der Waals surface area contributed by atoms with Crippen LogP contribution in [0.1, 0.15) is 16.1 Å². The SMILES string of the molecule is O=C(O)c1ccc(S(=O)(=O)NCCc2ccc(Cl)cc2)o1. The molecule has 0 spiro atoms. The van der Waals surface area contributed by atoms with Gasteiger partial charge in [-0.05, 0) is 36.2 Å². The van der Waals surface area contributed by atoms with Crippen molar-refractivity contribution < 1.29 is 22.7 Å². The van der Waals surface area contributed by atoms with Crippen molar-refractivity contribution in [3.63, 3.8) is 0 Å². The lowest BCUT2D eigenvalue weighted by atomic mass is 10.2. The number of hydrogen-bond acceptors (Lipinski definition) is 4. The highest BCUT2D eigenvalue weighted by molar-refractivity contribution is 7.89. The highest BCUT2D eigenvalue weighted by atomic mass is 35.5. The molecule has 0 saturated heterocycles. The third kappa shape index (κ3) is 4.07. The monoisotopic (exact) mass is 329 g/mol. The minimum Gasteiger partial charge on any atom is -0.475 e. The van der Waals surface area contributed by atoms with Gasteiger partial charge in [0, 0.05) is 11.6 Å². The fourth-order valence-corrected chi connectivity index (χ4v) is 2.72. The first-order valence-corrected chi connectivity index (χ1v) is 7.82. The fraction of sp³-hybridized carbons (Fsp3) is 0.154. The number of rotatable bonds is 6. The van der Waals surface area contributed by atoms with Gasteiger partial charge < -0.3 is 9.52 Å². The Morgan fingerprint density at radius 1 is 1.19 bits per heavy atom. The van der Waals surface area contributed by atoms with Crippen LogP contribution in [0.25, 0.3) is 0 Å². The Labute approximate surface area is 126 Å². The molecule has 0 atom stereocenters. The number of sulfonamides is 1. The van der Waals surface area contributed by atoms with Gasteiger partial charge in [0.25, 0.3) is 10.0 Å². The molecule has 21 heavy (non-hydrogen) atoms. The second kappa shape index (κ2) is 6.30. The van der Waals surface area contributed by atoms with Gasteiger partial charge in [-0.15, -0.1) is 0 Å². The number of hydrogen-bond donors (Lipinski definition) is 2. The second-order valence-electron chi connectivity index (χ2n) is 4.20. The molecule has 8 heteroatoms. The molecule has 0 aliphatic rings. The minimum absolute atomic E-state index is 0.160. The quantitative estimate of drug-likeness (QED) is 0.846. The van der Waals surface area contributed by atoms with Crippen LogP contribution in [-0.4, -0.2) is 26.0 Å². The number of carboxylic acids is 1.